The first-order chi connectivity index (χ1) is 7.31. The molecule has 15 heavy (non-hydrogen) atoms. The SMILES string of the molecule is CCOC(CN1CCCC1CO)OCC. The second-order valence-corrected chi connectivity index (χ2v) is 3.81. The fourth-order valence-electron chi connectivity index (χ4n) is 2.06. The highest BCUT2D eigenvalue weighted by Crippen LogP contribution is 2.17. The summed E-state index contributed by atoms with van der Waals surface area (Å²) in [5.41, 5.74) is 0. The van der Waals surface area contributed by atoms with Gasteiger partial charge in [-0.15, -0.1) is 0 Å². The van der Waals surface area contributed by atoms with E-state index in [0.717, 1.165) is 25.9 Å². The van der Waals surface area contributed by atoms with Crippen LogP contribution < -0.4 is 0 Å². The Bertz CT molecular complexity index is 160. The fourth-order valence-corrected chi connectivity index (χ4v) is 2.06. The summed E-state index contributed by atoms with van der Waals surface area (Å²) in [4.78, 5) is 2.26. The van der Waals surface area contributed by atoms with Gasteiger partial charge in [-0.1, -0.05) is 0 Å². The molecule has 1 aliphatic heterocycles. The molecule has 0 spiro atoms. The number of ether oxygens (including phenoxy) is 2. The molecular formula is C11H23NO3. The molecule has 4 nitrogen and oxygen atoms in total. The monoisotopic (exact) mass is 217 g/mol. The molecule has 90 valence electrons. The Labute approximate surface area is 92.2 Å². The first kappa shape index (κ1) is 12.9. The van der Waals surface area contributed by atoms with E-state index in [2.05, 4.69) is 4.90 Å². The zero-order chi connectivity index (χ0) is 11.1. The van der Waals surface area contributed by atoms with E-state index in [1.807, 2.05) is 13.8 Å². The fraction of sp³-hybridized carbons (Fsp3) is 1.00. The summed E-state index contributed by atoms with van der Waals surface area (Å²) in [5, 5.41) is 9.19. The third-order valence-corrected chi connectivity index (χ3v) is 2.80. The van der Waals surface area contributed by atoms with Crippen molar-refractivity contribution in [3.63, 3.8) is 0 Å². The second-order valence-electron chi connectivity index (χ2n) is 3.81. The molecule has 4 heteroatoms. The van der Waals surface area contributed by atoms with E-state index in [9.17, 15) is 5.11 Å². The van der Waals surface area contributed by atoms with Crippen molar-refractivity contribution in [3.8, 4) is 0 Å². The van der Waals surface area contributed by atoms with Crippen molar-refractivity contribution < 1.29 is 14.6 Å². The Morgan fingerprint density at radius 3 is 2.53 bits per heavy atom. The maximum absolute atomic E-state index is 9.19. The standard InChI is InChI=1S/C11H23NO3/c1-3-14-11(15-4-2)8-12-7-5-6-10(12)9-13/h10-11,13H,3-9H2,1-2H3. The molecular weight excluding hydrogens is 194 g/mol. The Morgan fingerprint density at radius 2 is 2.00 bits per heavy atom. The summed E-state index contributed by atoms with van der Waals surface area (Å²) in [7, 11) is 0. The minimum Gasteiger partial charge on any atom is -0.395 e. The van der Waals surface area contributed by atoms with E-state index in [-0.39, 0.29) is 12.9 Å². The van der Waals surface area contributed by atoms with Gasteiger partial charge in [0.15, 0.2) is 6.29 Å². The van der Waals surface area contributed by atoms with E-state index in [0.29, 0.717) is 19.3 Å². The highest BCUT2D eigenvalue weighted by molar-refractivity contribution is 4.78. The summed E-state index contributed by atoms with van der Waals surface area (Å²) in [6.07, 6.45) is 2.10. The molecule has 0 aromatic rings. The Kier molecular flexibility index (Phi) is 6.17. The molecule has 0 aromatic carbocycles. The molecule has 1 aliphatic rings. The predicted octanol–water partition coefficient (Wildman–Crippen LogP) is 0.842. The highest BCUT2D eigenvalue weighted by atomic mass is 16.7. The molecule has 1 saturated heterocycles. The van der Waals surface area contributed by atoms with Crippen molar-refractivity contribution in [1.29, 1.82) is 0 Å². The third kappa shape index (κ3) is 4.07. The number of hydrogen-bond donors (Lipinski definition) is 1. The molecule has 1 heterocycles. The van der Waals surface area contributed by atoms with E-state index >= 15 is 0 Å². The Morgan fingerprint density at radius 1 is 1.33 bits per heavy atom. The predicted molar refractivity (Wildman–Crippen MR) is 58.7 cm³/mol. The molecule has 1 N–H and O–H groups in total. The van der Waals surface area contributed by atoms with Gasteiger partial charge in [0.05, 0.1) is 6.61 Å². The van der Waals surface area contributed by atoms with E-state index in [1.165, 1.54) is 0 Å². The molecule has 0 bridgehead atoms. The number of aliphatic hydroxyl groups excluding tert-OH is 1. The molecule has 1 rings (SSSR count). The van der Waals surface area contributed by atoms with Crippen LogP contribution >= 0.6 is 0 Å². The van der Waals surface area contributed by atoms with Crippen molar-refractivity contribution in [2.75, 3.05) is 32.9 Å². The van der Waals surface area contributed by atoms with Gasteiger partial charge < -0.3 is 14.6 Å². The van der Waals surface area contributed by atoms with Crippen LogP contribution in [0.5, 0.6) is 0 Å². The molecule has 0 aromatic heterocycles. The number of nitrogens with zero attached hydrogens (tertiary/aromatic N) is 1. The topological polar surface area (TPSA) is 41.9 Å². The van der Waals surface area contributed by atoms with Gasteiger partial charge >= 0.3 is 0 Å². The van der Waals surface area contributed by atoms with E-state index < -0.39 is 0 Å². The number of aliphatic hydroxyl groups is 1. The molecule has 0 aliphatic carbocycles. The normalized spacial score (nSPS) is 22.8. The van der Waals surface area contributed by atoms with Crippen molar-refractivity contribution in [3.05, 3.63) is 0 Å². The van der Waals surface area contributed by atoms with Gasteiger partial charge in [0.1, 0.15) is 0 Å². The van der Waals surface area contributed by atoms with Crippen molar-refractivity contribution in [1.82, 2.24) is 4.90 Å². The van der Waals surface area contributed by atoms with Crippen LogP contribution in [0, 0.1) is 0 Å². The van der Waals surface area contributed by atoms with Crippen molar-refractivity contribution >= 4 is 0 Å². The quantitative estimate of drug-likeness (QED) is 0.642. The first-order valence-electron chi connectivity index (χ1n) is 5.89. The van der Waals surface area contributed by atoms with Crippen LogP contribution in [0.4, 0.5) is 0 Å². The van der Waals surface area contributed by atoms with Gasteiger partial charge in [-0.2, -0.15) is 0 Å². The molecule has 0 amide bonds. The lowest BCUT2D eigenvalue weighted by atomic mass is 10.2. The van der Waals surface area contributed by atoms with Crippen molar-refractivity contribution in [2.24, 2.45) is 0 Å². The van der Waals surface area contributed by atoms with Crippen LogP contribution in [-0.2, 0) is 9.47 Å². The first-order valence-corrected chi connectivity index (χ1v) is 5.89. The second kappa shape index (κ2) is 7.17. The van der Waals surface area contributed by atoms with Crippen LogP contribution in [0.2, 0.25) is 0 Å². The molecule has 1 atom stereocenters. The van der Waals surface area contributed by atoms with Crippen LogP contribution in [0.15, 0.2) is 0 Å². The molecule has 0 radical (unpaired) electrons. The molecule has 1 unspecified atom stereocenters. The van der Waals surface area contributed by atoms with Crippen LogP contribution in [-0.4, -0.2) is 55.2 Å². The summed E-state index contributed by atoms with van der Waals surface area (Å²) >= 11 is 0. The third-order valence-electron chi connectivity index (χ3n) is 2.80. The number of hydrogen-bond acceptors (Lipinski definition) is 4. The number of likely N-dealkylation sites (tertiary alicyclic amines) is 1. The van der Waals surface area contributed by atoms with Gasteiger partial charge in [-0.05, 0) is 33.2 Å². The Balaban J connectivity index is 2.35. The Hall–Kier alpha value is -0.160. The largest absolute Gasteiger partial charge is 0.395 e. The smallest absolute Gasteiger partial charge is 0.170 e. The lowest BCUT2D eigenvalue weighted by Gasteiger charge is -2.27. The lowest BCUT2D eigenvalue weighted by molar-refractivity contribution is -0.149. The average molecular weight is 217 g/mol. The van der Waals surface area contributed by atoms with Gasteiger partial charge in [-0.25, -0.2) is 0 Å². The zero-order valence-corrected chi connectivity index (χ0v) is 9.82. The van der Waals surface area contributed by atoms with Gasteiger partial charge in [-0.3, -0.25) is 4.90 Å². The van der Waals surface area contributed by atoms with Crippen LogP contribution in [0.3, 0.4) is 0 Å². The molecule has 0 saturated carbocycles. The van der Waals surface area contributed by atoms with Gasteiger partial charge in [0, 0.05) is 25.8 Å². The average Bonchev–Trinajstić information content (AvgIpc) is 2.66. The number of rotatable bonds is 7. The van der Waals surface area contributed by atoms with Crippen LogP contribution in [0.1, 0.15) is 26.7 Å². The van der Waals surface area contributed by atoms with Gasteiger partial charge in [0.2, 0.25) is 0 Å². The summed E-state index contributed by atoms with van der Waals surface area (Å²) < 4.78 is 11.0. The summed E-state index contributed by atoms with van der Waals surface area (Å²) in [6, 6.07) is 0.299. The van der Waals surface area contributed by atoms with E-state index in [4.69, 9.17) is 9.47 Å². The van der Waals surface area contributed by atoms with Crippen molar-refractivity contribution in [2.45, 2.75) is 39.0 Å². The summed E-state index contributed by atoms with van der Waals surface area (Å²) in [5.74, 6) is 0. The maximum atomic E-state index is 9.19. The van der Waals surface area contributed by atoms with E-state index in [1.54, 1.807) is 0 Å². The zero-order valence-electron chi connectivity index (χ0n) is 9.82. The van der Waals surface area contributed by atoms with Crippen LogP contribution in [0.25, 0.3) is 0 Å². The lowest BCUT2D eigenvalue weighted by Crippen LogP contribution is -2.40. The highest BCUT2D eigenvalue weighted by Gasteiger charge is 2.26. The minimum atomic E-state index is -0.146. The maximum Gasteiger partial charge on any atom is 0.170 e. The van der Waals surface area contributed by atoms with Gasteiger partial charge in [0.25, 0.3) is 0 Å². The molecule has 1 fully saturated rings. The minimum absolute atomic E-state index is 0.146. The summed E-state index contributed by atoms with van der Waals surface area (Å²) in [6.45, 7) is 7.34.